The molecule has 2 aliphatic rings. The third-order valence-corrected chi connectivity index (χ3v) is 4.14. The summed E-state index contributed by atoms with van der Waals surface area (Å²) in [5, 5.41) is 12.5. The van der Waals surface area contributed by atoms with Gasteiger partial charge < -0.3 is 10.2 Å². The van der Waals surface area contributed by atoms with Gasteiger partial charge in [-0.2, -0.15) is 5.26 Å². The first-order valence-corrected chi connectivity index (χ1v) is 6.69. The van der Waals surface area contributed by atoms with Gasteiger partial charge in [0.15, 0.2) is 0 Å². The van der Waals surface area contributed by atoms with Gasteiger partial charge in [0.25, 0.3) is 0 Å². The molecule has 1 aliphatic carbocycles. The number of nitrogens with one attached hydrogen (secondary N) is 1. The van der Waals surface area contributed by atoms with Crippen LogP contribution in [0.4, 0.5) is 0 Å². The Labute approximate surface area is 98.8 Å². The Morgan fingerprint density at radius 3 is 2.50 bits per heavy atom. The Morgan fingerprint density at radius 1 is 1.19 bits per heavy atom. The van der Waals surface area contributed by atoms with Gasteiger partial charge in [-0.1, -0.05) is 12.8 Å². The van der Waals surface area contributed by atoms with Crippen LogP contribution < -0.4 is 5.32 Å². The minimum atomic E-state index is 0.0868. The van der Waals surface area contributed by atoms with Crippen LogP contribution in [0, 0.1) is 16.7 Å². The molecule has 3 nitrogen and oxygen atoms in total. The van der Waals surface area contributed by atoms with Crippen LogP contribution >= 0.6 is 0 Å². The second-order valence-corrected chi connectivity index (χ2v) is 5.29. The highest BCUT2D eigenvalue weighted by atomic mass is 15.2. The van der Waals surface area contributed by atoms with E-state index in [1.807, 2.05) is 0 Å². The lowest BCUT2D eigenvalue weighted by Gasteiger charge is -2.35. The molecule has 3 heteroatoms. The Balaban J connectivity index is 1.56. The van der Waals surface area contributed by atoms with E-state index in [1.165, 1.54) is 38.9 Å². The van der Waals surface area contributed by atoms with E-state index in [2.05, 4.69) is 16.3 Å². The molecule has 1 saturated carbocycles. The van der Waals surface area contributed by atoms with Gasteiger partial charge in [0.05, 0.1) is 11.5 Å². The highest BCUT2D eigenvalue weighted by Gasteiger charge is 2.36. The molecule has 0 aromatic carbocycles. The third-order valence-electron chi connectivity index (χ3n) is 4.14. The smallest absolute Gasteiger partial charge is 0.0689 e. The van der Waals surface area contributed by atoms with Crippen LogP contribution in [0.25, 0.3) is 0 Å². The van der Waals surface area contributed by atoms with Crippen LogP contribution in [0.1, 0.15) is 38.5 Å². The number of unbranched alkanes of at least 4 members (excludes halogenated alkanes) is 1. The number of hydrogen-bond acceptors (Lipinski definition) is 3. The maximum Gasteiger partial charge on any atom is 0.0689 e. The van der Waals surface area contributed by atoms with E-state index in [-0.39, 0.29) is 5.41 Å². The molecule has 0 bridgehead atoms. The Kier molecular flexibility index (Phi) is 4.20. The van der Waals surface area contributed by atoms with Crippen LogP contribution in [0.2, 0.25) is 0 Å². The summed E-state index contributed by atoms with van der Waals surface area (Å²) in [4.78, 5) is 2.54. The van der Waals surface area contributed by atoms with Crippen molar-refractivity contribution >= 4 is 0 Å². The Bertz CT molecular complexity index is 246. The second kappa shape index (κ2) is 5.65. The lowest BCUT2D eigenvalue weighted by molar-refractivity contribution is 0.182. The van der Waals surface area contributed by atoms with Gasteiger partial charge >= 0.3 is 0 Å². The molecule has 90 valence electrons. The minimum Gasteiger partial charge on any atom is -0.314 e. The van der Waals surface area contributed by atoms with E-state index < -0.39 is 0 Å². The van der Waals surface area contributed by atoms with E-state index in [9.17, 15) is 0 Å². The van der Waals surface area contributed by atoms with Crippen molar-refractivity contribution < 1.29 is 0 Å². The monoisotopic (exact) mass is 221 g/mol. The fraction of sp³-hybridized carbons (Fsp3) is 0.923. The molecule has 2 rings (SSSR count). The molecule has 1 heterocycles. The first kappa shape index (κ1) is 11.9. The zero-order valence-electron chi connectivity index (χ0n) is 10.2. The molecule has 16 heavy (non-hydrogen) atoms. The maximum absolute atomic E-state index is 9.12. The normalized spacial score (nSPS) is 24.7. The number of nitrogens with zero attached hydrogens (tertiary/aromatic N) is 2. The topological polar surface area (TPSA) is 39.1 Å². The molecular weight excluding hydrogens is 198 g/mol. The van der Waals surface area contributed by atoms with Gasteiger partial charge in [0.2, 0.25) is 0 Å². The molecule has 0 radical (unpaired) electrons. The van der Waals surface area contributed by atoms with E-state index in [4.69, 9.17) is 5.26 Å². The van der Waals surface area contributed by atoms with Crippen molar-refractivity contribution in [3.63, 3.8) is 0 Å². The van der Waals surface area contributed by atoms with E-state index in [1.54, 1.807) is 0 Å². The van der Waals surface area contributed by atoms with Gasteiger partial charge in [0.1, 0.15) is 0 Å². The van der Waals surface area contributed by atoms with Crippen LogP contribution in [-0.2, 0) is 0 Å². The lowest BCUT2D eigenvalue weighted by Crippen LogP contribution is -2.43. The molecule has 0 aromatic heterocycles. The number of piperazine rings is 1. The fourth-order valence-electron chi connectivity index (χ4n) is 2.75. The molecule has 1 N–H and O–H groups in total. The van der Waals surface area contributed by atoms with E-state index in [0.717, 1.165) is 32.4 Å². The van der Waals surface area contributed by atoms with E-state index >= 15 is 0 Å². The van der Waals surface area contributed by atoms with Crippen LogP contribution in [0.5, 0.6) is 0 Å². The lowest BCUT2D eigenvalue weighted by atomic mass is 9.67. The van der Waals surface area contributed by atoms with Gasteiger partial charge in [-0.15, -0.1) is 0 Å². The Hall–Kier alpha value is -0.590. The van der Waals surface area contributed by atoms with Crippen LogP contribution in [-0.4, -0.2) is 37.6 Å². The molecule has 0 atom stereocenters. The first-order valence-electron chi connectivity index (χ1n) is 6.69. The highest BCUT2D eigenvalue weighted by Crippen LogP contribution is 2.44. The third kappa shape index (κ3) is 2.96. The largest absolute Gasteiger partial charge is 0.314 e. The molecule has 1 aliphatic heterocycles. The molecule has 0 amide bonds. The molecule has 1 saturated heterocycles. The number of hydrogen-bond donors (Lipinski definition) is 1. The predicted octanol–water partition coefficient (Wildman–Crippen LogP) is 1.76. The summed E-state index contributed by atoms with van der Waals surface area (Å²) in [6.07, 6.45) is 7.20. The summed E-state index contributed by atoms with van der Waals surface area (Å²) in [6.45, 7) is 5.90. The maximum atomic E-state index is 9.12. The van der Waals surface area contributed by atoms with Gasteiger partial charge in [-0.3, -0.25) is 0 Å². The summed E-state index contributed by atoms with van der Waals surface area (Å²) in [7, 11) is 0. The van der Waals surface area contributed by atoms with E-state index in [0.29, 0.717) is 0 Å². The van der Waals surface area contributed by atoms with Crippen LogP contribution in [0.3, 0.4) is 0 Å². The zero-order chi connectivity index (χ0) is 11.3. The molecule has 2 fully saturated rings. The van der Waals surface area contributed by atoms with Crippen molar-refractivity contribution in [3.05, 3.63) is 0 Å². The summed E-state index contributed by atoms with van der Waals surface area (Å²) >= 11 is 0. The Morgan fingerprint density at radius 2 is 1.94 bits per heavy atom. The minimum absolute atomic E-state index is 0.0868. The number of nitriles is 1. The summed E-state index contributed by atoms with van der Waals surface area (Å²) in [6, 6.07) is 2.53. The average molecular weight is 221 g/mol. The predicted molar refractivity (Wildman–Crippen MR) is 65.1 cm³/mol. The summed E-state index contributed by atoms with van der Waals surface area (Å²) in [5.41, 5.74) is 0.0868. The SMILES string of the molecule is N#CC1(CCCCN2CCNCC2)CCC1. The van der Waals surface area contributed by atoms with Gasteiger partial charge in [0, 0.05) is 26.2 Å². The van der Waals surface area contributed by atoms with Crippen molar-refractivity contribution in [2.24, 2.45) is 5.41 Å². The summed E-state index contributed by atoms with van der Waals surface area (Å²) < 4.78 is 0. The van der Waals surface area contributed by atoms with Crippen molar-refractivity contribution in [2.45, 2.75) is 38.5 Å². The second-order valence-electron chi connectivity index (χ2n) is 5.29. The highest BCUT2D eigenvalue weighted by molar-refractivity contribution is 5.04. The zero-order valence-corrected chi connectivity index (χ0v) is 10.2. The first-order chi connectivity index (χ1) is 7.85. The van der Waals surface area contributed by atoms with Crippen molar-refractivity contribution in [2.75, 3.05) is 32.7 Å². The standard InChI is InChI=1S/C13H23N3/c14-12-13(5-3-6-13)4-1-2-9-16-10-7-15-8-11-16/h15H,1-11H2. The summed E-state index contributed by atoms with van der Waals surface area (Å²) in [5.74, 6) is 0. The molecule has 0 unspecified atom stereocenters. The average Bonchev–Trinajstić information content (AvgIpc) is 2.29. The van der Waals surface area contributed by atoms with Gasteiger partial charge in [-0.25, -0.2) is 0 Å². The number of rotatable bonds is 5. The quantitative estimate of drug-likeness (QED) is 0.719. The van der Waals surface area contributed by atoms with Crippen molar-refractivity contribution in [1.29, 1.82) is 5.26 Å². The van der Waals surface area contributed by atoms with Gasteiger partial charge in [-0.05, 0) is 32.2 Å². The van der Waals surface area contributed by atoms with Crippen molar-refractivity contribution in [3.8, 4) is 6.07 Å². The fourth-order valence-corrected chi connectivity index (χ4v) is 2.75. The molecule has 0 spiro atoms. The molecule has 0 aromatic rings. The van der Waals surface area contributed by atoms with Crippen molar-refractivity contribution in [1.82, 2.24) is 10.2 Å². The molecular formula is C13H23N3. The van der Waals surface area contributed by atoms with Crippen LogP contribution in [0.15, 0.2) is 0 Å².